The quantitative estimate of drug-likeness (QED) is 0.633. The van der Waals surface area contributed by atoms with E-state index in [-0.39, 0.29) is 0 Å². The second-order valence-corrected chi connectivity index (χ2v) is 5.08. The highest BCUT2D eigenvalue weighted by atomic mass is 16.8. The number of hydrogen-bond donors (Lipinski definition) is 2. The van der Waals surface area contributed by atoms with Crippen LogP contribution in [0, 0.1) is 13.8 Å². The molecule has 0 saturated heterocycles. The van der Waals surface area contributed by atoms with Crippen LogP contribution in [0.4, 0.5) is 0 Å². The van der Waals surface area contributed by atoms with Gasteiger partial charge in [-0.2, -0.15) is 0 Å². The summed E-state index contributed by atoms with van der Waals surface area (Å²) in [5, 5.41) is 18.6. The summed E-state index contributed by atoms with van der Waals surface area (Å²) in [4.78, 5) is 10.6. The molecule has 0 heterocycles. The van der Waals surface area contributed by atoms with Gasteiger partial charge < -0.3 is 19.7 Å². The lowest BCUT2D eigenvalue weighted by Crippen LogP contribution is -2.23. The molecule has 0 aromatic heterocycles. The van der Waals surface area contributed by atoms with Gasteiger partial charge in [-0.05, 0) is 49.2 Å². The molecule has 0 aliphatic heterocycles. The predicted molar refractivity (Wildman–Crippen MR) is 86.3 cm³/mol. The van der Waals surface area contributed by atoms with E-state index in [1.165, 1.54) is 6.08 Å². The van der Waals surface area contributed by atoms with Gasteiger partial charge in [-0.3, -0.25) is 0 Å². The first-order valence-corrected chi connectivity index (χ1v) is 7.04. The van der Waals surface area contributed by atoms with Crippen molar-refractivity contribution in [2.45, 2.75) is 20.3 Å². The van der Waals surface area contributed by atoms with Crippen LogP contribution in [0.15, 0.2) is 48.5 Å². The van der Waals surface area contributed by atoms with E-state index < -0.39 is 12.4 Å². The minimum Gasteiger partial charge on any atom is -0.478 e. The van der Waals surface area contributed by atoms with Crippen LogP contribution in [0.25, 0.3) is 6.08 Å². The summed E-state index contributed by atoms with van der Waals surface area (Å²) >= 11 is 0. The lowest BCUT2D eigenvalue weighted by molar-refractivity contribution is -0.160. The molecule has 120 valence electrons. The average molecular weight is 314 g/mol. The predicted octanol–water partition coefficient (Wildman–Crippen LogP) is 3.13. The molecular weight excluding hydrogens is 296 g/mol. The Labute approximate surface area is 134 Å². The SMILES string of the molecule is Cc1cc(C)cc(OC(O)Oc2ccccc2/C=C/C(=O)O)c1. The van der Waals surface area contributed by atoms with Crippen molar-refractivity contribution in [1.29, 1.82) is 0 Å². The fourth-order valence-electron chi connectivity index (χ4n) is 2.14. The molecule has 1 atom stereocenters. The number of carboxylic acids is 1. The summed E-state index contributed by atoms with van der Waals surface area (Å²) in [6.45, 7) is 2.36. The van der Waals surface area contributed by atoms with Crippen molar-refractivity contribution in [3.05, 3.63) is 65.2 Å². The zero-order valence-corrected chi connectivity index (χ0v) is 12.9. The van der Waals surface area contributed by atoms with Crippen molar-refractivity contribution in [1.82, 2.24) is 0 Å². The number of benzene rings is 2. The smallest absolute Gasteiger partial charge is 0.358 e. The third-order valence-corrected chi connectivity index (χ3v) is 2.98. The van der Waals surface area contributed by atoms with Crippen LogP contribution in [-0.2, 0) is 4.79 Å². The van der Waals surface area contributed by atoms with Gasteiger partial charge in [0, 0.05) is 11.6 Å². The fraction of sp³-hybridized carbons (Fsp3) is 0.167. The Morgan fingerprint density at radius 3 is 2.39 bits per heavy atom. The first-order chi connectivity index (χ1) is 10.9. The molecule has 5 heteroatoms. The summed E-state index contributed by atoms with van der Waals surface area (Å²) in [6.07, 6.45) is 2.39. The number of para-hydroxylation sites is 1. The third-order valence-electron chi connectivity index (χ3n) is 2.98. The molecule has 2 aromatic carbocycles. The largest absolute Gasteiger partial charge is 0.478 e. The Kier molecular flexibility index (Phi) is 5.38. The number of hydrogen-bond acceptors (Lipinski definition) is 4. The molecule has 0 fully saturated rings. The first-order valence-electron chi connectivity index (χ1n) is 7.04. The Hall–Kier alpha value is -2.79. The molecule has 0 bridgehead atoms. The molecule has 2 N–H and O–H groups in total. The second kappa shape index (κ2) is 7.47. The number of carbonyl (C=O) groups is 1. The van der Waals surface area contributed by atoms with Gasteiger partial charge in [0.15, 0.2) is 0 Å². The van der Waals surface area contributed by atoms with Gasteiger partial charge in [-0.25, -0.2) is 4.79 Å². The number of aliphatic hydroxyl groups is 1. The highest BCUT2D eigenvalue weighted by Gasteiger charge is 2.10. The molecule has 2 aromatic rings. The highest BCUT2D eigenvalue weighted by molar-refractivity contribution is 5.85. The Bertz CT molecular complexity index is 701. The van der Waals surface area contributed by atoms with Crippen LogP contribution in [0.1, 0.15) is 16.7 Å². The number of aliphatic hydroxyl groups excluding tert-OH is 1. The zero-order chi connectivity index (χ0) is 16.8. The molecule has 23 heavy (non-hydrogen) atoms. The van der Waals surface area contributed by atoms with Crippen molar-refractivity contribution >= 4 is 12.0 Å². The van der Waals surface area contributed by atoms with Crippen molar-refractivity contribution in [3.63, 3.8) is 0 Å². The minimum absolute atomic E-state index is 0.321. The molecule has 0 aliphatic carbocycles. The maximum Gasteiger partial charge on any atom is 0.358 e. The molecule has 1 unspecified atom stereocenters. The van der Waals surface area contributed by atoms with Crippen LogP contribution in [-0.4, -0.2) is 22.7 Å². The standard InChI is InChI=1S/C18H18O5/c1-12-9-13(2)11-15(10-12)22-18(21)23-16-6-4-3-5-14(16)7-8-17(19)20/h3-11,18,21H,1-2H3,(H,19,20)/b8-7+. The van der Waals surface area contributed by atoms with E-state index in [1.54, 1.807) is 36.4 Å². The van der Waals surface area contributed by atoms with Gasteiger partial charge in [-0.15, -0.1) is 0 Å². The molecule has 5 nitrogen and oxygen atoms in total. The topological polar surface area (TPSA) is 76.0 Å². The van der Waals surface area contributed by atoms with Crippen LogP contribution in [0.5, 0.6) is 11.5 Å². The summed E-state index contributed by atoms with van der Waals surface area (Å²) < 4.78 is 10.7. The molecule has 0 spiro atoms. The Morgan fingerprint density at radius 2 is 1.74 bits per heavy atom. The second-order valence-electron chi connectivity index (χ2n) is 5.08. The third kappa shape index (κ3) is 5.16. The van der Waals surface area contributed by atoms with E-state index >= 15 is 0 Å². The van der Waals surface area contributed by atoms with Gasteiger partial charge in [0.05, 0.1) is 0 Å². The molecule has 2 rings (SSSR count). The Morgan fingerprint density at radius 1 is 1.09 bits per heavy atom. The van der Waals surface area contributed by atoms with Crippen molar-refractivity contribution < 1.29 is 24.5 Å². The van der Waals surface area contributed by atoms with Gasteiger partial charge in [-0.1, -0.05) is 24.3 Å². The van der Waals surface area contributed by atoms with E-state index in [1.807, 2.05) is 19.9 Å². The number of rotatable bonds is 6. The van der Waals surface area contributed by atoms with Crippen LogP contribution >= 0.6 is 0 Å². The first kappa shape index (κ1) is 16.6. The number of ether oxygens (including phenoxy) is 2. The lowest BCUT2D eigenvalue weighted by atomic mass is 10.1. The fourth-order valence-corrected chi connectivity index (χ4v) is 2.14. The van der Waals surface area contributed by atoms with E-state index in [4.69, 9.17) is 14.6 Å². The van der Waals surface area contributed by atoms with Gasteiger partial charge in [0.2, 0.25) is 0 Å². The normalized spacial score (nSPS) is 12.1. The maximum absolute atomic E-state index is 10.6. The summed E-state index contributed by atoms with van der Waals surface area (Å²) in [5.74, 6) is -0.248. The van der Waals surface area contributed by atoms with Crippen molar-refractivity contribution in [2.75, 3.05) is 0 Å². The molecule has 0 amide bonds. The number of aliphatic carboxylic acids is 1. The lowest BCUT2D eigenvalue weighted by Gasteiger charge is -2.17. The van der Waals surface area contributed by atoms with Crippen LogP contribution < -0.4 is 9.47 Å². The molecule has 0 saturated carbocycles. The summed E-state index contributed by atoms with van der Waals surface area (Å²) in [5.41, 5.74) is 2.55. The minimum atomic E-state index is -1.50. The van der Waals surface area contributed by atoms with Crippen molar-refractivity contribution in [3.8, 4) is 11.5 Å². The molecule has 0 radical (unpaired) electrons. The van der Waals surface area contributed by atoms with E-state index in [0.717, 1.165) is 17.2 Å². The zero-order valence-electron chi connectivity index (χ0n) is 12.9. The summed E-state index contributed by atoms with van der Waals surface area (Å²) in [7, 11) is 0. The average Bonchev–Trinajstić information content (AvgIpc) is 2.45. The molecular formula is C18H18O5. The Balaban J connectivity index is 2.11. The van der Waals surface area contributed by atoms with Crippen molar-refractivity contribution in [2.24, 2.45) is 0 Å². The van der Waals surface area contributed by atoms with Crippen LogP contribution in [0.3, 0.4) is 0 Å². The molecule has 0 aliphatic rings. The van der Waals surface area contributed by atoms with Gasteiger partial charge >= 0.3 is 12.4 Å². The van der Waals surface area contributed by atoms with Gasteiger partial charge in [0.25, 0.3) is 0 Å². The van der Waals surface area contributed by atoms with E-state index in [0.29, 0.717) is 17.1 Å². The van der Waals surface area contributed by atoms with E-state index in [9.17, 15) is 9.90 Å². The monoisotopic (exact) mass is 314 g/mol. The van der Waals surface area contributed by atoms with Gasteiger partial charge in [0.1, 0.15) is 11.5 Å². The highest BCUT2D eigenvalue weighted by Crippen LogP contribution is 2.22. The summed E-state index contributed by atoms with van der Waals surface area (Å²) in [6, 6.07) is 12.3. The number of carboxylic acid groups (broad SMARTS) is 1. The van der Waals surface area contributed by atoms with Crippen LogP contribution in [0.2, 0.25) is 0 Å². The number of aryl methyl sites for hydroxylation is 2. The van der Waals surface area contributed by atoms with E-state index in [2.05, 4.69) is 0 Å². The maximum atomic E-state index is 10.6.